The molecule has 0 unspecified atom stereocenters. The maximum absolute atomic E-state index is 3.98. The van der Waals surface area contributed by atoms with Crippen LogP contribution in [0.3, 0.4) is 0 Å². The first-order valence-electron chi connectivity index (χ1n) is 14.1. The molecule has 2 aromatic carbocycles. The molecule has 0 aromatic heterocycles. The monoisotopic (exact) mass is 512 g/mol. The van der Waals surface area contributed by atoms with E-state index < -0.39 is 16.1 Å². The average Bonchev–Trinajstić information content (AvgIpc) is 2.77. The maximum atomic E-state index is 3.98. The lowest BCUT2D eigenvalue weighted by Gasteiger charge is -2.38. The highest BCUT2D eigenvalue weighted by Crippen LogP contribution is 2.48. The van der Waals surface area contributed by atoms with Crippen molar-refractivity contribution in [1.29, 1.82) is 0 Å². The molecule has 0 saturated carbocycles. The molecule has 0 N–H and O–H groups in total. The van der Waals surface area contributed by atoms with Crippen LogP contribution in [-0.4, -0.2) is 16.1 Å². The van der Waals surface area contributed by atoms with Gasteiger partial charge in [-0.1, -0.05) is 119 Å². The summed E-state index contributed by atoms with van der Waals surface area (Å²) in [5, 5.41) is 0. The number of rotatable bonds is 6. The molecule has 0 saturated heterocycles. The molecule has 0 amide bonds. The fraction of sp³-hybridized carbons (Fsp3) is 0.529. The lowest BCUT2D eigenvalue weighted by atomic mass is 9.78. The summed E-state index contributed by atoms with van der Waals surface area (Å²) in [6.45, 7) is 28.7. The summed E-state index contributed by atoms with van der Waals surface area (Å²) in [5.74, 6) is 7.56. The van der Waals surface area contributed by atoms with E-state index in [0.717, 1.165) is 11.1 Å². The van der Waals surface area contributed by atoms with E-state index in [1.54, 1.807) is 0 Å². The van der Waals surface area contributed by atoms with Crippen LogP contribution in [0.25, 0.3) is 22.3 Å². The molecule has 0 nitrogen and oxygen atoms in total. The molecular formula is C34H48Si2. The molecule has 2 aromatic rings. The van der Waals surface area contributed by atoms with Crippen LogP contribution >= 0.6 is 0 Å². The van der Waals surface area contributed by atoms with E-state index in [-0.39, 0.29) is 0 Å². The smallest absolute Gasteiger partial charge is 0.125 e. The van der Waals surface area contributed by atoms with Crippen molar-refractivity contribution >= 4 is 16.1 Å². The van der Waals surface area contributed by atoms with Gasteiger partial charge in [0.15, 0.2) is 0 Å². The molecule has 3 rings (SSSR count). The molecule has 0 spiro atoms. The zero-order chi connectivity index (χ0) is 27.0. The quantitative estimate of drug-likeness (QED) is 0.227. The summed E-state index contributed by atoms with van der Waals surface area (Å²) in [6, 6.07) is 13.5. The van der Waals surface area contributed by atoms with Crippen LogP contribution in [0.2, 0.25) is 33.2 Å². The molecule has 0 heterocycles. The highest BCUT2D eigenvalue weighted by molar-refractivity contribution is 6.91. The summed E-state index contributed by atoms with van der Waals surface area (Å²) >= 11 is 0. The van der Waals surface area contributed by atoms with Gasteiger partial charge in [-0.2, -0.15) is 0 Å². The van der Waals surface area contributed by atoms with Crippen LogP contribution < -0.4 is 0 Å². The summed E-state index contributed by atoms with van der Waals surface area (Å²) < 4.78 is 0. The molecule has 36 heavy (non-hydrogen) atoms. The minimum Gasteiger partial charge on any atom is -0.125 e. The Hall–Kier alpha value is -2.01. The lowest BCUT2D eigenvalue weighted by molar-refractivity contribution is 0.838. The summed E-state index contributed by atoms with van der Waals surface area (Å²) in [6.07, 6.45) is 0. The second-order valence-corrected chi connectivity index (χ2v) is 23.9. The third kappa shape index (κ3) is 4.69. The van der Waals surface area contributed by atoms with Crippen molar-refractivity contribution in [3.63, 3.8) is 0 Å². The summed E-state index contributed by atoms with van der Waals surface area (Å²) in [7, 11) is -3.66. The fourth-order valence-corrected chi connectivity index (χ4v) is 17.8. The first-order chi connectivity index (χ1) is 16.8. The zero-order valence-electron chi connectivity index (χ0n) is 24.9. The van der Waals surface area contributed by atoms with Crippen molar-refractivity contribution in [2.24, 2.45) is 0 Å². The fourth-order valence-electron chi connectivity index (χ4n) is 7.36. The predicted octanol–water partition coefficient (Wildman–Crippen LogP) is 10.5. The second-order valence-electron chi connectivity index (χ2n) is 12.8. The van der Waals surface area contributed by atoms with Crippen molar-refractivity contribution in [3.8, 4) is 45.2 Å². The van der Waals surface area contributed by atoms with Crippen LogP contribution in [0.5, 0.6) is 0 Å². The third-order valence-electron chi connectivity index (χ3n) is 9.22. The van der Waals surface area contributed by atoms with E-state index in [9.17, 15) is 0 Å². The van der Waals surface area contributed by atoms with E-state index >= 15 is 0 Å². The van der Waals surface area contributed by atoms with Crippen LogP contribution in [0.1, 0.15) is 94.2 Å². The van der Waals surface area contributed by atoms with E-state index in [0.29, 0.717) is 33.2 Å². The van der Waals surface area contributed by atoms with E-state index in [2.05, 4.69) is 142 Å². The first-order valence-corrected chi connectivity index (χ1v) is 18.6. The van der Waals surface area contributed by atoms with Gasteiger partial charge in [0, 0.05) is 11.1 Å². The van der Waals surface area contributed by atoms with Gasteiger partial charge in [-0.3, -0.25) is 0 Å². The molecule has 0 fully saturated rings. The standard InChI is InChI=1S/C34H48Si2/c1-23(2)35(24(3)4,25(5)6)19-17-29-21-33-31-15-13-14-16-32(31)34(33)22-30(29)18-20-36(26(7)8,27(9)10)28(11)12/h13-16,21-28H,1-12H3. The Labute approximate surface area is 224 Å². The number of hydrogen-bond donors (Lipinski definition) is 0. The molecule has 0 aliphatic heterocycles. The Morgan fingerprint density at radius 2 is 0.722 bits per heavy atom. The lowest BCUT2D eigenvalue weighted by Crippen LogP contribution is -2.43. The van der Waals surface area contributed by atoms with Gasteiger partial charge in [0.25, 0.3) is 0 Å². The predicted molar refractivity (Wildman–Crippen MR) is 167 cm³/mol. The van der Waals surface area contributed by atoms with E-state index in [1.807, 2.05) is 0 Å². The van der Waals surface area contributed by atoms with Crippen molar-refractivity contribution in [3.05, 3.63) is 47.5 Å². The Balaban J connectivity index is 2.27. The maximum Gasteiger partial charge on any atom is 0.146 e. The SMILES string of the molecule is CC(C)[Si](C#Cc1cc2c(cc1C#C[Si](C(C)C)(C(C)C)C(C)C)-c1ccccc1-2)(C(C)C)C(C)C. The molecule has 0 radical (unpaired) electrons. The van der Waals surface area contributed by atoms with Crippen LogP contribution in [0.4, 0.5) is 0 Å². The first kappa shape index (κ1) is 28.6. The topological polar surface area (TPSA) is 0 Å². The average molecular weight is 513 g/mol. The van der Waals surface area contributed by atoms with Gasteiger partial charge in [0.05, 0.1) is 0 Å². The number of benzene rings is 2. The van der Waals surface area contributed by atoms with Crippen molar-refractivity contribution in [1.82, 2.24) is 0 Å². The van der Waals surface area contributed by atoms with Gasteiger partial charge in [0.2, 0.25) is 0 Å². The van der Waals surface area contributed by atoms with Crippen LogP contribution in [0.15, 0.2) is 36.4 Å². The van der Waals surface area contributed by atoms with Crippen molar-refractivity contribution < 1.29 is 0 Å². The largest absolute Gasteiger partial charge is 0.146 e. The highest BCUT2D eigenvalue weighted by atomic mass is 28.3. The highest BCUT2D eigenvalue weighted by Gasteiger charge is 2.43. The molecule has 192 valence electrons. The normalized spacial score (nSPS) is 12.9. The van der Waals surface area contributed by atoms with Gasteiger partial charge in [-0.05, 0) is 67.6 Å². The Morgan fingerprint density at radius 1 is 0.444 bits per heavy atom. The van der Waals surface area contributed by atoms with Crippen LogP contribution in [0, 0.1) is 22.9 Å². The summed E-state index contributed by atoms with van der Waals surface area (Å²) in [4.78, 5) is 0. The molecule has 0 atom stereocenters. The van der Waals surface area contributed by atoms with Gasteiger partial charge in [0.1, 0.15) is 16.1 Å². The van der Waals surface area contributed by atoms with E-state index in [4.69, 9.17) is 0 Å². The summed E-state index contributed by atoms with van der Waals surface area (Å²) in [5.41, 5.74) is 19.3. The molecule has 1 aliphatic rings. The van der Waals surface area contributed by atoms with Gasteiger partial charge < -0.3 is 0 Å². The van der Waals surface area contributed by atoms with Gasteiger partial charge in [-0.15, -0.1) is 11.1 Å². The minimum absolute atomic E-state index is 0.620. The van der Waals surface area contributed by atoms with Crippen molar-refractivity contribution in [2.75, 3.05) is 0 Å². The molecule has 2 heteroatoms. The second kappa shape index (κ2) is 10.8. The Kier molecular flexibility index (Phi) is 8.55. The molecule has 0 bridgehead atoms. The van der Waals surface area contributed by atoms with Gasteiger partial charge >= 0.3 is 0 Å². The Bertz CT molecular complexity index is 1080. The van der Waals surface area contributed by atoms with E-state index in [1.165, 1.54) is 22.3 Å². The third-order valence-corrected chi connectivity index (χ3v) is 21.8. The minimum atomic E-state index is -1.83. The Morgan fingerprint density at radius 3 is 0.972 bits per heavy atom. The molecular weight excluding hydrogens is 465 g/mol. The van der Waals surface area contributed by atoms with Crippen LogP contribution in [-0.2, 0) is 0 Å². The van der Waals surface area contributed by atoms with Gasteiger partial charge in [-0.25, -0.2) is 0 Å². The van der Waals surface area contributed by atoms with Crippen molar-refractivity contribution in [2.45, 2.75) is 116 Å². The number of fused-ring (bicyclic) bond motifs is 4. The number of hydrogen-bond acceptors (Lipinski definition) is 0. The molecule has 1 aliphatic carbocycles. The zero-order valence-corrected chi connectivity index (χ0v) is 26.9.